The summed E-state index contributed by atoms with van der Waals surface area (Å²) in [6.45, 7) is 3.72. The summed E-state index contributed by atoms with van der Waals surface area (Å²) >= 11 is 0. The molecule has 180 valence electrons. The Morgan fingerprint density at radius 3 is 2.68 bits per heavy atom. The largest absolute Gasteiger partial charge is 0.474 e. The van der Waals surface area contributed by atoms with Crippen molar-refractivity contribution in [1.29, 1.82) is 0 Å². The molecule has 3 aromatic rings. The molecule has 0 radical (unpaired) electrons. The molecule has 0 saturated carbocycles. The molecule has 0 saturated heterocycles. The van der Waals surface area contributed by atoms with Gasteiger partial charge in [0.05, 0.1) is 17.5 Å². The normalized spacial score (nSPS) is 21.1. The molecule has 1 atom stereocenters. The van der Waals surface area contributed by atoms with Crippen LogP contribution in [0, 0.1) is 5.82 Å². The lowest BCUT2D eigenvalue weighted by molar-refractivity contribution is 0.264. The minimum absolute atomic E-state index is 0.0733. The van der Waals surface area contributed by atoms with Gasteiger partial charge in [-0.15, -0.1) is 0 Å². The molecule has 0 unspecified atom stereocenters. The number of aliphatic imine (C=N–C) groups is 1. The van der Waals surface area contributed by atoms with Gasteiger partial charge in [0.25, 0.3) is 0 Å². The van der Waals surface area contributed by atoms with Crippen LogP contribution in [0.3, 0.4) is 0 Å². The van der Waals surface area contributed by atoms with Gasteiger partial charge in [0.15, 0.2) is 15.7 Å². The molecule has 4 rings (SSSR count). The van der Waals surface area contributed by atoms with Gasteiger partial charge >= 0.3 is 0 Å². The van der Waals surface area contributed by atoms with Crippen LogP contribution >= 0.6 is 0 Å². The second-order valence-corrected chi connectivity index (χ2v) is 11.2. The Labute approximate surface area is 195 Å². The number of sulfone groups is 1. The minimum atomic E-state index is -3.70. The van der Waals surface area contributed by atoms with Crippen molar-refractivity contribution in [2.75, 3.05) is 24.4 Å². The molecule has 0 bridgehead atoms. The molecule has 34 heavy (non-hydrogen) atoms. The second kappa shape index (κ2) is 8.42. The third-order valence-corrected chi connectivity index (χ3v) is 8.51. The highest BCUT2D eigenvalue weighted by atomic mass is 32.2. The number of halogens is 2. The molecular weight excluding hydrogens is 466 g/mol. The summed E-state index contributed by atoms with van der Waals surface area (Å²) in [4.78, 5) is 17.2. The van der Waals surface area contributed by atoms with E-state index in [0.717, 1.165) is 0 Å². The smallest absolute Gasteiger partial charge is 0.232 e. The van der Waals surface area contributed by atoms with Crippen molar-refractivity contribution in [3.05, 3.63) is 48.0 Å². The van der Waals surface area contributed by atoms with E-state index in [1.54, 1.807) is 6.07 Å². The van der Waals surface area contributed by atoms with E-state index in [0.29, 0.717) is 22.5 Å². The zero-order chi connectivity index (χ0) is 24.7. The minimum Gasteiger partial charge on any atom is -0.474 e. The lowest BCUT2D eigenvalue weighted by Crippen LogP contribution is -2.54. The number of hydrogen-bond acceptors (Lipinski definition) is 9. The van der Waals surface area contributed by atoms with E-state index in [1.165, 1.54) is 51.4 Å². The number of anilines is 2. The molecule has 3 N–H and O–H groups in total. The van der Waals surface area contributed by atoms with Crippen molar-refractivity contribution < 1.29 is 21.9 Å². The van der Waals surface area contributed by atoms with Gasteiger partial charge in [0.2, 0.25) is 5.88 Å². The van der Waals surface area contributed by atoms with Crippen LogP contribution in [-0.2, 0) is 15.4 Å². The van der Waals surface area contributed by atoms with Crippen LogP contribution in [0.4, 0.5) is 20.3 Å². The van der Waals surface area contributed by atoms with E-state index in [1.807, 2.05) is 0 Å². The third kappa shape index (κ3) is 4.13. The first-order chi connectivity index (χ1) is 16.0. The number of pyridine rings is 1. The molecular formula is C22H24F2N6O3S. The zero-order valence-corrected chi connectivity index (χ0v) is 19.7. The number of amidine groups is 1. The van der Waals surface area contributed by atoms with E-state index in [-0.39, 0.29) is 23.9 Å². The summed E-state index contributed by atoms with van der Waals surface area (Å²) in [5.74, 6) is -0.565. The summed E-state index contributed by atoms with van der Waals surface area (Å²) < 4.78 is 56.8. The first-order valence-corrected chi connectivity index (χ1v) is 12.1. The van der Waals surface area contributed by atoms with Crippen LogP contribution in [0.1, 0.15) is 26.3 Å². The Kier molecular flexibility index (Phi) is 5.88. The van der Waals surface area contributed by atoms with Crippen molar-refractivity contribution in [2.24, 2.45) is 10.7 Å². The molecule has 0 amide bonds. The summed E-state index contributed by atoms with van der Waals surface area (Å²) in [6, 6.07) is 5.82. The van der Waals surface area contributed by atoms with Gasteiger partial charge in [0.1, 0.15) is 40.7 Å². The van der Waals surface area contributed by atoms with Crippen LogP contribution < -0.4 is 15.8 Å². The van der Waals surface area contributed by atoms with E-state index < -0.39 is 38.4 Å². The topological polar surface area (TPSA) is 132 Å². The van der Waals surface area contributed by atoms with Gasteiger partial charge in [-0.2, -0.15) is 0 Å². The van der Waals surface area contributed by atoms with Gasteiger partial charge in [-0.25, -0.2) is 32.2 Å². The molecule has 0 fully saturated rings. The Morgan fingerprint density at radius 1 is 1.21 bits per heavy atom. The molecule has 9 nitrogen and oxygen atoms in total. The quantitative estimate of drug-likeness (QED) is 0.539. The third-order valence-electron chi connectivity index (χ3n) is 5.81. The molecule has 0 aliphatic carbocycles. The van der Waals surface area contributed by atoms with Crippen molar-refractivity contribution in [1.82, 2.24) is 15.0 Å². The zero-order valence-electron chi connectivity index (χ0n) is 18.8. The first kappa shape index (κ1) is 23.7. The highest BCUT2D eigenvalue weighted by Gasteiger charge is 2.49. The van der Waals surface area contributed by atoms with E-state index >= 15 is 0 Å². The average molecular weight is 491 g/mol. The fourth-order valence-electron chi connectivity index (χ4n) is 3.67. The molecule has 1 aliphatic heterocycles. The van der Waals surface area contributed by atoms with Gasteiger partial charge in [-0.05, 0) is 45.0 Å². The van der Waals surface area contributed by atoms with E-state index in [2.05, 4.69) is 25.3 Å². The average Bonchev–Trinajstić information content (AvgIpc) is 2.77. The monoisotopic (exact) mass is 490 g/mol. The molecule has 0 spiro atoms. The van der Waals surface area contributed by atoms with Crippen LogP contribution in [0.2, 0.25) is 0 Å². The van der Waals surface area contributed by atoms with Crippen LogP contribution in [-0.4, -0.2) is 53.0 Å². The molecule has 1 aromatic carbocycles. The number of rotatable bonds is 6. The summed E-state index contributed by atoms with van der Waals surface area (Å²) in [5.41, 5.74) is 5.97. The Hall–Kier alpha value is -3.41. The number of hydrogen-bond donors (Lipinski definition) is 2. The highest BCUT2D eigenvalue weighted by Crippen LogP contribution is 2.39. The van der Waals surface area contributed by atoms with Crippen molar-refractivity contribution >= 4 is 38.2 Å². The summed E-state index contributed by atoms with van der Waals surface area (Å²) in [6.07, 6.45) is 2.86. The number of ether oxygens (including phenoxy) is 1. The maximum absolute atomic E-state index is 14.9. The molecule has 3 heterocycles. The van der Waals surface area contributed by atoms with Crippen LogP contribution in [0.5, 0.6) is 5.88 Å². The van der Waals surface area contributed by atoms with Gasteiger partial charge in [-0.1, -0.05) is 0 Å². The molecule has 12 heteroatoms. The number of nitrogens with one attached hydrogen (secondary N) is 1. The maximum Gasteiger partial charge on any atom is 0.232 e. The Morgan fingerprint density at radius 2 is 1.97 bits per heavy atom. The number of nitrogens with two attached hydrogens (primary N) is 1. The van der Waals surface area contributed by atoms with Crippen molar-refractivity contribution in [2.45, 2.75) is 31.1 Å². The van der Waals surface area contributed by atoms with Crippen molar-refractivity contribution in [3.63, 3.8) is 0 Å². The standard InChI is InChI=1S/C22H24F2N6O3S/c1-21(2)20(25)30-22(3,12-34(21,31)32)14-10-13(4-5-15(14)24)28-19-18-16(6-8-26-19)29-17(11-27-18)33-9-7-23/h4-6,8,10-11H,7,9,12H2,1-3H3,(H2,25,30)(H,26,28)/t22-/m0/s1. The predicted molar refractivity (Wildman–Crippen MR) is 125 cm³/mol. The first-order valence-electron chi connectivity index (χ1n) is 10.4. The maximum atomic E-state index is 14.9. The van der Waals surface area contributed by atoms with Crippen molar-refractivity contribution in [3.8, 4) is 5.88 Å². The van der Waals surface area contributed by atoms with Crippen LogP contribution in [0.15, 0.2) is 41.7 Å². The predicted octanol–water partition coefficient (Wildman–Crippen LogP) is 3.04. The Balaban J connectivity index is 1.71. The van der Waals surface area contributed by atoms with Gasteiger partial charge in [-0.3, -0.25) is 4.99 Å². The van der Waals surface area contributed by atoms with E-state index in [9.17, 15) is 17.2 Å². The van der Waals surface area contributed by atoms with Gasteiger partial charge in [0, 0.05) is 17.4 Å². The Bertz CT molecular complexity index is 1400. The fraction of sp³-hybridized carbons (Fsp3) is 0.364. The number of aromatic nitrogens is 3. The molecule has 1 aliphatic rings. The fourth-order valence-corrected chi connectivity index (χ4v) is 5.35. The second-order valence-electron chi connectivity index (χ2n) is 8.63. The van der Waals surface area contributed by atoms with Crippen LogP contribution in [0.25, 0.3) is 11.0 Å². The number of fused-ring (bicyclic) bond motifs is 1. The highest BCUT2D eigenvalue weighted by molar-refractivity contribution is 7.93. The number of nitrogens with zero attached hydrogens (tertiary/aromatic N) is 4. The number of alkyl halides is 1. The van der Waals surface area contributed by atoms with Gasteiger partial charge < -0.3 is 15.8 Å². The summed E-state index contributed by atoms with van der Waals surface area (Å²) in [7, 11) is -3.70. The lowest BCUT2D eigenvalue weighted by atomic mass is 9.92. The van der Waals surface area contributed by atoms with E-state index in [4.69, 9.17) is 10.5 Å². The molecule has 2 aromatic heterocycles. The summed E-state index contributed by atoms with van der Waals surface area (Å²) in [5, 5.41) is 3.07. The number of benzene rings is 1. The lowest BCUT2D eigenvalue weighted by Gasteiger charge is -2.38. The SMILES string of the molecule is CC1(C)C(N)=N[C@](C)(c2cc(Nc3nccc4nc(OCCF)cnc34)ccc2F)CS1(=O)=O.